The number of hydrogen-bond donors (Lipinski definition) is 0. The molecule has 0 bridgehead atoms. The minimum atomic E-state index is -0.0404. The van der Waals surface area contributed by atoms with Gasteiger partial charge in [-0.1, -0.05) is 70.0 Å². The molecule has 0 aromatic rings. The van der Waals surface area contributed by atoms with E-state index in [1.165, 1.54) is 84.8 Å². The van der Waals surface area contributed by atoms with Gasteiger partial charge in [0.15, 0.2) is 0 Å². The van der Waals surface area contributed by atoms with Gasteiger partial charge in [-0.15, -0.1) is 0 Å². The topological polar surface area (TPSA) is 0 Å². The molecule has 6 aliphatic rings. The molecule has 0 nitrogen and oxygen atoms in total. The van der Waals surface area contributed by atoms with Crippen LogP contribution in [-0.2, 0) is 0 Å². The van der Waals surface area contributed by atoms with Crippen LogP contribution in [0.1, 0.15) is 79.1 Å². The number of hydrogen-bond acceptors (Lipinski definition) is 0. The van der Waals surface area contributed by atoms with E-state index < -0.39 is 0 Å². The van der Waals surface area contributed by atoms with E-state index in [0.717, 1.165) is 0 Å². The van der Waals surface area contributed by atoms with E-state index in [2.05, 4.69) is 83.9 Å². The maximum absolute atomic E-state index is 4.12. The second kappa shape index (κ2) is 7.95. The van der Waals surface area contributed by atoms with Gasteiger partial charge in [-0.25, -0.2) is 0 Å². The summed E-state index contributed by atoms with van der Waals surface area (Å²) in [4.78, 5) is 0.776. The second-order valence-electron chi connectivity index (χ2n) is 11.3. The molecular formula is C31H34Br2. The smallest absolute Gasteiger partial charge is 0.0616 e. The van der Waals surface area contributed by atoms with Crippen molar-refractivity contribution in [3.05, 3.63) is 91.2 Å². The summed E-state index contributed by atoms with van der Waals surface area (Å²) >= 11 is 8.23. The first kappa shape index (κ1) is 22.4. The van der Waals surface area contributed by atoms with E-state index in [0.29, 0.717) is 9.65 Å². The fourth-order valence-electron chi connectivity index (χ4n) is 7.53. The van der Waals surface area contributed by atoms with Gasteiger partial charge in [0.1, 0.15) is 0 Å². The van der Waals surface area contributed by atoms with Crippen molar-refractivity contribution in [2.75, 3.05) is 0 Å². The summed E-state index contributed by atoms with van der Waals surface area (Å²) in [7, 11) is 0. The molecule has 0 aromatic heterocycles. The highest BCUT2D eigenvalue weighted by Crippen LogP contribution is 2.58. The predicted octanol–water partition coefficient (Wildman–Crippen LogP) is 9.67. The summed E-state index contributed by atoms with van der Waals surface area (Å²) < 4.78 is 0. The Hall–Kier alpha value is -1.12. The zero-order chi connectivity index (χ0) is 23.1. The van der Waals surface area contributed by atoms with Crippen molar-refractivity contribution in [3.63, 3.8) is 0 Å². The van der Waals surface area contributed by atoms with Gasteiger partial charge in [0.2, 0.25) is 0 Å². The summed E-state index contributed by atoms with van der Waals surface area (Å²) in [6, 6.07) is 0. The maximum atomic E-state index is 4.12. The average Bonchev–Trinajstić information content (AvgIpc) is 3.31. The molecule has 0 saturated heterocycles. The van der Waals surface area contributed by atoms with Gasteiger partial charge in [-0.05, 0) is 132 Å². The molecule has 0 heterocycles. The fourth-order valence-corrected chi connectivity index (χ4v) is 9.33. The number of rotatable bonds is 2. The number of allylic oxidation sites excluding steroid dienone is 16. The third-order valence-corrected chi connectivity index (χ3v) is 10.9. The lowest BCUT2D eigenvalue weighted by Gasteiger charge is -2.38. The van der Waals surface area contributed by atoms with Gasteiger partial charge < -0.3 is 0 Å². The summed E-state index contributed by atoms with van der Waals surface area (Å²) in [5.41, 5.74) is 18.4. The highest BCUT2D eigenvalue weighted by atomic mass is 79.9. The average molecular weight is 566 g/mol. The minimum Gasteiger partial charge on any atom is -0.0790 e. The normalized spacial score (nSPS) is 29.4. The molecule has 33 heavy (non-hydrogen) atoms. The SMILES string of the molecule is CC1=C(C(C)(C)C2=C(C)C=C3C2=CC2=C(CCCC2)C3Br)C2=CC3=C(CCCC3)C(Br)C2=C1. The van der Waals surface area contributed by atoms with Crippen molar-refractivity contribution < 1.29 is 0 Å². The van der Waals surface area contributed by atoms with E-state index in [4.69, 9.17) is 0 Å². The van der Waals surface area contributed by atoms with Gasteiger partial charge in [-0.3, -0.25) is 0 Å². The highest BCUT2D eigenvalue weighted by Gasteiger charge is 2.44. The molecule has 0 spiro atoms. The van der Waals surface area contributed by atoms with Crippen molar-refractivity contribution >= 4 is 31.9 Å². The lowest BCUT2D eigenvalue weighted by Crippen LogP contribution is -2.26. The quantitative estimate of drug-likeness (QED) is 0.292. The molecule has 172 valence electrons. The second-order valence-corrected chi connectivity index (χ2v) is 13.1. The largest absolute Gasteiger partial charge is 0.0790 e. The molecule has 2 unspecified atom stereocenters. The van der Waals surface area contributed by atoms with Crippen molar-refractivity contribution in [1.82, 2.24) is 0 Å². The molecule has 2 heteroatoms. The summed E-state index contributed by atoms with van der Waals surface area (Å²) in [6.45, 7) is 9.63. The zero-order valence-electron chi connectivity index (χ0n) is 20.4. The monoisotopic (exact) mass is 564 g/mol. The van der Waals surface area contributed by atoms with Gasteiger partial charge in [0.05, 0.1) is 9.65 Å². The molecular weight excluding hydrogens is 532 g/mol. The Morgan fingerprint density at radius 2 is 1.03 bits per heavy atom. The Bertz CT molecular complexity index is 1120. The van der Waals surface area contributed by atoms with Crippen molar-refractivity contribution in [2.45, 2.75) is 88.7 Å². The molecule has 2 atom stereocenters. The summed E-state index contributed by atoms with van der Waals surface area (Å²) in [5.74, 6) is 0. The minimum absolute atomic E-state index is 0.0404. The summed E-state index contributed by atoms with van der Waals surface area (Å²) in [5, 5.41) is 0. The molecule has 0 aromatic carbocycles. The van der Waals surface area contributed by atoms with Crippen LogP contribution in [0.4, 0.5) is 0 Å². The molecule has 0 fully saturated rings. The Morgan fingerprint density at radius 3 is 1.45 bits per heavy atom. The zero-order valence-corrected chi connectivity index (χ0v) is 23.5. The van der Waals surface area contributed by atoms with Crippen LogP contribution in [0, 0.1) is 5.41 Å². The molecule has 0 saturated carbocycles. The van der Waals surface area contributed by atoms with Crippen LogP contribution in [0.3, 0.4) is 0 Å². The third kappa shape index (κ3) is 3.26. The lowest BCUT2D eigenvalue weighted by atomic mass is 9.67. The van der Waals surface area contributed by atoms with E-state index in [-0.39, 0.29) is 5.41 Å². The molecule has 0 radical (unpaired) electrons. The van der Waals surface area contributed by atoms with E-state index >= 15 is 0 Å². The van der Waals surface area contributed by atoms with Gasteiger partial charge >= 0.3 is 0 Å². The van der Waals surface area contributed by atoms with E-state index in [1.807, 2.05) is 0 Å². The molecule has 0 amide bonds. The standard InChI is InChI=1S/C31H34Br2/c1-17-13-25-23(15-19-9-5-7-11-21(19)29(25)32)27(17)31(3,4)28-18(2)14-26-24(28)16-20-10-6-8-12-22(20)30(26)33/h13-16,29-30H,5-12H2,1-4H3. The van der Waals surface area contributed by atoms with Crippen molar-refractivity contribution in [1.29, 1.82) is 0 Å². The van der Waals surface area contributed by atoms with Crippen LogP contribution in [0.25, 0.3) is 0 Å². The highest BCUT2D eigenvalue weighted by molar-refractivity contribution is 9.10. The molecule has 0 N–H and O–H groups in total. The Balaban J connectivity index is 1.45. The van der Waals surface area contributed by atoms with Crippen molar-refractivity contribution in [3.8, 4) is 0 Å². The predicted molar refractivity (Wildman–Crippen MR) is 148 cm³/mol. The molecule has 0 aliphatic heterocycles. The Labute approximate surface area is 216 Å². The number of halogens is 2. The van der Waals surface area contributed by atoms with Crippen LogP contribution in [-0.4, -0.2) is 9.65 Å². The third-order valence-electron chi connectivity index (χ3n) is 8.85. The van der Waals surface area contributed by atoms with Crippen LogP contribution < -0.4 is 0 Å². The van der Waals surface area contributed by atoms with Crippen LogP contribution >= 0.6 is 31.9 Å². The van der Waals surface area contributed by atoms with Gasteiger partial charge in [0.25, 0.3) is 0 Å². The number of fused-ring (bicyclic) bond motifs is 2. The fraction of sp³-hybridized carbons (Fsp3) is 0.484. The lowest BCUT2D eigenvalue weighted by molar-refractivity contribution is 0.547. The number of alkyl halides is 2. The molecule has 6 aliphatic carbocycles. The molecule has 6 rings (SSSR count). The Morgan fingerprint density at radius 1 is 0.636 bits per heavy atom. The van der Waals surface area contributed by atoms with Crippen LogP contribution in [0.5, 0.6) is 0 Å². The Kier molecular flexibility index (Phi) is 5.39. The van der Waals surface area contributed by atoms with Crippen LogP contribution in [0.15, 0.2) is 91.2 Å². The van der Waals surface area contributed by atoms with E-state index in [9.17, 15) is 0 Å². The first-order valence-electron chi connectivity index (χ1n) is 12.8. The van der Waals surface area contributed by atoms with Gasteiger partial charge in [-0.2, -0.15) is 0 Å². The van der Waals surface area contributed by atoms with E-state index in [1.54, 1.807) is 33.4 Å². The summed E-state index contributed by atoms with van der Waals surface area (Å²) in [6.07, 6.45) is 20.4. The van der Waals surface area contributed by atoms with Crippen LogP contribution in [0.2, 0.25) is 0 Å². The van der Waals surface area contributed by atoms with Crippen molar-refractivity contribution in [2.24, 2.45) is 5.41 Å². The maximum Gasteiger partial charge on any atom is 0.0616 e. The van der Waals surface area contributed by atoms with Gasteiger partial charge in [0, 0.05) is 5.41 Å². The first-order valence-corrected chi connectivity index (χ1v) is 14.6. The first-order chi connectivity index (χ1) is 15.8.